The summed E-state index contributed by atoms with van der Waals surface area (Å²) in [7, 11) is 0. The van der Waals surface area contributed by atoms with E-state index in [2.05, 4.69) is 25.9 Å². The first-order chi connectivity index (χ1) is 13.1. The number of fused-ring (bicyclic) bond motifs is 1. The Bertz CT molecular complexity index is 1140. The number of hydrogen-bond donors (Lipinski definition) is 1. The second kappa shape index (κ2) is 7.20. The van der Waals surface area contributed by atoms with Crippen molar-refractivity contribution in [3.63, 3.8) is 0 Å². The van der Waals surface area contributed by atoms with Gasteiger partial charge in [0.1, 0.15) is 5.82 Å². The molecule has 0 radical (unpaired) electrons. The van der Waals surface area contributed by atoms with Gasteiger partial charge in [0.15, 0.2) is 5.65 Å². The summed E-state index contributed by atoms with van der Waals surface area (Å²) in [4.78, 5) is 22.4. The van der Waals surface area contributed by atoms with Gasteiger partial charge < -0.3 is 10.1 Å². The summed E-state index contributed by atoms with van der Waals surface area (Å²) in [5, 5.41) is 10.6. The number of anilines is 2. The average Bonchev–Trinajstić information content (AvgIpc) is 2.71. The van der Waals surface area contributed by atoms with Crippen molar-refractivity contribution in [2.45, 2.75) is 6.54 Å². The summed E-state index contributed by atoms with van der Waals surface area (Å²) >= 11 is 3.45. The van der Waals surface area contributed by atoms with E-state index in [1.54, 1.807) is 12.1 Å². The lowest BCUT2D eigenvalue weighted by molar-refractivity contribution is 0.182. The first-order valence-electron chi connectivity index (χ1n) is 8.27. The highest BCUT2D eigenvalue weighted by Crippen LogP contribution is 2.31. The second-order valence-electron chi connectivity index (χ2n) is 5.95. The molecule has 0 spiro atoms. The maximum absolute atomic E-state index is 12.2. The van der Waals surface area contributed by atoms with Crippen LogP contribution in [-0.4, -0.2) is 19.9 Å². The summed E-state index contributed by atoms with van der Waals surface area (Å²) in [6.45, 7) is 0.508. The summed E-state index contributed by atoms with van der Waals surface area (Å²) in [6, 6.07) is 21.2. The fourth-order valence-electron chi connectivity index (χ4n) is 2.91. The van der Waals surface area contributed by atoms with E-state index < -0.39 is 5.69 Å². The molecule has 6 nitrogen and oxygen atoms in total. The molecule has 4 aromatic rings. The molecule has 0 fully saturated rings. The van der Waals surface area contributed by atoms with E-state index in [9.17, 15) is 10.0 Å². The van der Waals surface area contributed by atoms with Crippen LogP contribution in [-0.2, 0) is 6.54 Å². The van der Waals surface area contributed by atoms with Crippen molar-refractivity contribution in [1.82, 2.24) is 14.7 Å². The van der Waals surface area contributed by atoms with Gasteiger partial charge in [-0.3, -0.25) is 0 Å². The Balaban J connectivity index is 1.93. The van der Waals surface area contributed by atoms with Crippen molar-refractivity contribution < 1.29 is 5.21 Å². The monoisotopic (exact) mass is 422 g/mol. The molecule has 0 bridgehead atoms. The quantitative estimate of drug-likeness (QED) is 0.500. The van der Waals surface area contributed by atoms with E-state index in [0.717, 1.165) is 15.7 Å². The molecule has 134 valence electrons. The molecule has 0 saturated carbocycles. The average molecular weight is 423 g/mol. The van der Waals surface area contributed by atoms with Gasteiger partial charge in [-0.2, -0.15) is 4.98 Å². The van der Waals surface area contributed by atoms with Crippen molar-refractivity contribution >= 4 is 38.5 Å². The SMILES string of the molecule is O=c1nc(N(Cc2ccccc2)c2ccc(Br)cc2)c2cccnc2n1O. The van der Waals surface area contributed by atoms with Crippen molar-refractivity contribution in [2.24, 2.45) is 0 Å². The normalized spacial score (nSPS) is 10.9. The number of halogens is 1. The minimum Gasteiger partial charge on any atom is -0.422 e. The fourth-order valence-corrected chi connectivity index (χ4v) is 3.17. The van der Waals surface area contributed by atoms with Crippen LogP contribution in [0.1, 0.15) is 5.56 Å². The van der Waals surface area contributed by atoms with Gasteiger partial charge in [-0.1, -0.05) is 46.3 Å². The minimum atomic E-state index is -0.772. The Labute approximate surface area is 163 Å². The van der Waals surface area contributed by atoms with Crippen molar-refractivity contribution in [3.8, 4) is 0 Å². The molecule has 1 N–H and O–H groups in total. The van der Waals surface area contributed by atoms with Gasteiger partial charge >= 0.3 is 5.69 Å². The lowest BCUT2D eigenvalue weighted by Gasteiger charge is -2.25. The number of aromatic nitrogens is 3. The van der Waals surface area contributed by atoms with Crippen LogP contribution in [0.25, 0.3) is 11.0 Å². The third-order valence-electron chi connectivity index (χ3n) is 4.19. The maximum atomic E-state index is 12.2. The molecule has 2 aromatic carbocycles. The molecular weight excluding hydrogens is 408 g/mol. The number of benzene rings is 2. The van der Waals surface area contributed by atoms with E-state index in [0.29, 0.717) is 22.5 Å². The summed E-state index contributed by atoms with van der Waals surface area (Å²) in [5.41, 5.74) is 1.33. The molecule has 2 heterocycles. The second-order valence-corrected chi connectivity index (χ2v) is 6.87. The van der Waals surface area contributed by atoms with E-state index in [4.69, 9.17) is 0 Å². The van der Waals surface area contributed by atoms with E-state index in [1.807, 2.05) is 59.5 Å². The molecule has 0 aliphatic heterocycles. The van der Waals surface area contributed by atoms with Crippen LogP contribution in [0.4, 0.5) is 11.5 Å². The van der Waals surface area contributed by atoms with Crippen molar-refractivity contribution in [3.05, 3.63) is 93.4 Å². The zero-order valence-electron chi connectivity index (χ0n) is 14.2. The highest BCUT2D eigenvalue weighted by atomic mass is 79.9. The van der Waals surface area contributed by atoms with E-state index in [-0.39, 0.29) is 5.65 Å². The molecule has 0 atom stereocenters. The Morgan fingerprint density at radius 3 is 2.48 bits per heavy atom. The topological polar surface area (TPSA) is 71.2 Å². The summed E-state index contributed by atoms with van der Waals surface area (Å²) in [6.07, 6.45) is 1.53. The summed E-state index contributed by atoms with van der Waals surface area (Å²) in [5.74, 6) is 0.444. The molecule has 27 heavy (non-hydrogen) atoms. The Hall–Kier alpha value is -3.19. The number of pyridine rings is 1. The van der Waals surface area contributed by atoms with E-state index in [1.165, 1.54) is 6.20 Å². The third-order valence-corrected chi connectivity index (χ3v) is 4.72. The zero-order chi connectivity index (χ0) is 18.8. The van der Waals surface area contributed by atoms with Crippen LogP contribution >= 0.6 is 15.9 Å². The Morgan fingerprint density at radius 2 is 1.74 bits per heavy atom. The highest BCUT2D eigenvalue weighted by molar-refractivity contribution is 9.10. The Morgan fingerprint density at radius 1 is 1.00 bits per heavy atom. The lowest BCUT2D eigenvalue weighted by atomic mass is 10.1. The molecule has 4 rings (SSSR count). The fraction of sp³-hybridized carbons (Fsp3) is 0.0500. The maximum Gasteiger partial charge on any atom is 0.384 e. The van der Waals surface area contributed by atoms with Crippen LogP contribution in [0.5, 0.6) is 0 Å². The van der Waals surface area contributed by atoms with Gasteiger partial charge in [0.25, 0.3) is 0 Å². The lowest BCUT2D eigenvalue weighted by Crippen LogP contribution is -2.27. The van der Waals surface area contributed by atoms with Gasteiger partial charge in [-0.15, -0.1) is 4.73 Å². The molecule has 2 aromatic heterocycles. The largest absolute Gasteiger partial charge is 0.422 e. The molecule has 0 saturated heterocycles. The standard InChI is InChI=1S/C20H15BrN4O2/c21-15-8-10-16(11-9-15)24(13-14-5-2-1-3-6-14)19-17-7-4-12-22-18(17)25(27)20(26)23-19/h1-12,27H,13H2. The van der Waals surface area contributed by atoms with Crippen LogP contribution in [0.15, 0.2) is 82.2 Å². The molecule has 0 unspecified atom stereocenters. The number of nitrogens with zero attached hydrogens (tertiary/aromatic N) is 4. The number of hydrogen-bond acceptors (Lipinski definition) is 5. The molecule has 0 aliphatic carbocycles. The van der Waals surface area contributed by atoms with Crippen molar-refractivity contribution in [2.75, 3.05) is 4.90 Å². The van der Waals surface area contributed by atoms with Crippen molar-refractivity contribution in [1.29, 1.82) is 0 Å². The van der Waals surface area contributed by atoms with Gasteiger partial charge in [0.2, 0.25) is 0 Å². The zero-order valence-corrected chi connectivity index (χ0v) is 15.7. The number of rotatable bonds is 4. The molecule has 0 amide bonds. The van der Waals surface area contributed by atoms with Gasteiger partial charge in [0.05, 0.1) is 5.39 Å². The van der Waals surface area contributed by atoms with Gasteiger partial charge in [-0.05, 0) is 42.0 Å². The van der Waals surface area contributed by atoms with Crippen LogP contribution < -0.4 is 10.6 Å². The highest BCUT2D eigenvalue weighted by Gasteiger charge is 2.18. The van der Waals surface area contributed by atoms with Crippen LogP contribution in [0, 0.1) is 0 Å². The predicted molar refractivity (Wildman–Crippen MR) is 107 cm³/mol. The third kappa shape index (κ3) is 3.41. The van der Waals surface area contributed by atoms with Crippen LogP contribution in [0.2, 0.25) is 0 Å². The van der Waals surface area contributed by atoms with Gasteiger partial charge in [-0.25, -0.2) is 9.78 Å². The predicted octanol–water partition coefficient (Wildman–Crippen LogP) is 4.13. The van der Waals surface area contributed by atoms with E-state index >= 15 is 0 Å². The molecular formula is C20H15BrN4O2. The first-order valence-corrected chi connectivity index (χ1v) is 9.07. The minimum absolute atomic E-state index is 0.169. The first kappa shape index (κ1) is 17.2. The van der Waals surface area contributed by atoms with Crippen LogP contribution in [0.3, 0.4) is 0 Å². The molecule has 7 heteroatoms. The van der Waals surface area contributed by atoms with Gasteiger partial charge in [0, 0.05) is 22.9 Å². The smallest absolute Gasteiger partial charge is 0.384 e. The summed E-state index contributed by atoms with van der Waals surface area (Å²) < 4.78 is 1.43. The Kier molecular flexibility index (Phi) is 4.60. The molecule has 0 aliphatic rings.